The fourth-order valence-electron chi connectivity index (χ4n) is 1.96. The smallest absolute Gasteiger partial charge is 0.165 e. The van der Waals surface area contributed by atoms with Crippen molar-refractivity contribution in [1.29, 1.82) is 0 Å². The van der Waals surface area contributed by atoms with Gasteiger partial charge >= 0.3 is 0 Å². The molecule has 0 bridgehead atoms. The van der Waals surface area contributed by atoms with E-state index < -0.39 is 5.82 Å². The summed E-state index contributed by atoms with van der Waals surface area (Å²) in [6.07, 6.45) is 2.93. The van der Waals surface area contributed by atoms with Gasteiger partial charge in [-0.25, -0.2) is 4.39 Å². The minimum Gasteiger partial charge on any atom is -0.484 e. The van der Waals surface area contributed by atoms with Crippen LogP contribution in [0.1, 0.15) is 50.5 Å². The van der Waals surface area contributed by atoms with Crippen LogP contribution >= 0.6 is 0 Å². The molecule has 2 aromatic rings. The van der Waals surface area contributed by atoms with Gasteiger partial charge in [-0.15, -0.1) is 0 Å². The molecule has 0 spiro atoms. The van der Waals surface area contributed by atoms with Crippen molar-refractivity contribution in [3.63, 3.8) is 0 Å². The molecule has 0 radical (unpaired) electrons. The summed E-state index contributed by atoms with van der Waals surface area (Å²) in [7, 11) is 0. The van der Waals surface area contributed by atoms with Gasteiger partial charge in [0.2, 0.25) is 0 Å². The van der Waals surface area contributed by atoms with E-state index in [0.29, 0.717) is 6.04 Å². The van der Waals surface area contributed by atoms with Gasteiger partial charge in [0.15, 0.2) is 11.6 Å². The molecule has 1 aromatic heterocycles. The molecule has 2 unspecified atom stereocenters. The van der Waals surface area contributed by atoms with Gasteiger partial charge in [0, 0.05) is 18.3 Å². The quantitative estimate of drug-likeness (QED) is 0.885. The fourth-order valence-corrected chi connectivity index (χ4v) is 1.96. The molecule has 1 aromatic carbocycles. The van der Waals surface area contributed by atoms with Crippen LogP contribution in [0.4, 0.5) is 4.39 Å². The normalized spacial score (nSPS) is 14.0. The first-order valence-corrected chi connectivity index (χ1v) is 7.23. The first-order chi connectivity index (χ1) is 10.0. The molecule has 0 aliphatic carbocycles. The first-order valence-electron chi connectivity index (χ1n) is 7.23. The molecule has 2 atom stereocenters. The standard InChI is InChI=1S/C16H22FN3O/c1-4-11(2)20-8-7-14(19-20)10-21-16-6-5-13(12(3)18)9-15(16)17/h5-9,11-12H,4,10,18H2,1-3H3. The van der Waals surface area contributed by atoms with E-state index in [1.165, 1.54) is 6.07 Å². The van der Waals surface area contributed by atoms with Gasteiger partial charge in [0.05, 0.1) is 5.69 Å². The van der Waals surface area contributed by atoms with Gasteiger partial charge in [-0.05, 0) is 44.0 Å². The summed E-state index contributed by atoms with van der Waals surface area (Å²) in [6.45, 7) is 6.27. The maximum atomic E-state index is 13.9. The van der Waals surface area contributed by atoms with Gasteiger partial charge in [-0.3, -0.25) is 4.68 Å². The Morgan fingerprint density at radius 3 is 2.71 bits per heavy atom. The average Bonchev–Trinajstić information content (AvgIpc) is 2.93. The van der Waals surface area contributed by atoms with Gasteiger partial charge in [-0.1, -0.05) is 13.0 Å². The third kappa shape index (κ3) is 3.82. The molecule has 0 aliphatic heterocycles. The maximum Gasteiger partial charge on any atom is 0.165 e. The van der Waals surface area contributed by atoms with Crippen LogP contribution in [0.5, 0.6) is 5.75 Å². The second-order valence-corrected chi connectivity index (χ2v) is 5.31. The molecule has 4 nitrogen and oxygen atoms in total. The zero-order valence-corrected chi connectivity index (χ0v) is 12.7. The van der Waals surface area contributed by atoms with Crippen molar-refractivity contribution >= 4 is 0 Å². The molecule has 0 fully saturated rings. The molecule has 114 valence electrons. The summed E-state index contributed by atoms with van der Waals surface area (Å²) in [6, 6.07) is 6.85. The van der Waals surface area contributed by atoms with Crippen molar-refractivity contribution in [2.24, 2.45) is 5.73 Å². The molecule has 0 saturated carbocycles. The van der Waals surface area contributed by atoms with Crippen LogP contribution in [-0.2, 0) is 6.61 Å². The Balaban J connectivity index is 2.01. The van der Waals surface area contributed by atoms with E-state index in [9.17, 15) is 4.39 Å². The number of rotatable bonds is 6. The summed E-state index contributed by atoms with van der Waals surface area (Å²) in [4.78, 5) is 0. The second-order valence-electron chi connectivity index (χ2n) is 5.31. The summed E-state index contributed by atoms with van der Waals surface area (Å²) in [5.41, 5.74) is 7.26. The lowest BCUT2D eigenvalue weighted by Crippen LogP contribution is -2.07. The van der Waals surface area contributed by atoms with E-state index >= 15 is 0 Å². The molecule has 0 amide bonds. The highest BCUT2D eigenvalue weighted by molar-refractivity contribution is 5.30. The van der Waals surface area contributed by atoms with Crippen LogP contribution in [0.15, 0.2) is 30.5 Å². The third-order valence-corrected chi connectivity index (χ3v) is 3.56. The molecule has 21 heavy (non-hydrogen) atoms. The number of nitrogens with zero attached hydrogens (tertiary/aromatic N) is 2. The van der Waals surface area contributed by atoms with E-state index in [0.717, 1.165) is 17.7 Å². The lowest BCUT2D eigenvalue weighted by molar-refractivity contribution is 0.283. The Morgan fingerprint density at radius 2 is 2.10 bits per heavy atom. The summed E-state index contributed by atoms with van der Waals surface area (Å²) < 4.78 is 21.3. The van der Waals surface area contributed by atoms with Crippen LogP contribution < -0.4 is 10.5 Å². The topological polar surface area (TPSA) is 53.1 Å². The number of halogens is 1. The van der Waals surface area contributed by atoms with Crippen LogP contribution in [0.2, 0.25) is 0 Å². The van der Waals surface area contributed by atoms with E-state index in [2.05, 4.69) is 18.9 Å². The van der Waals surface area contributed by atoms with Gasteiger partial charge in [-0.2, -0.15) is 5.10 Å². The molecule has 2 N–H and O–H groups in total. The molecule has 0 aliphatic rings. The Hall–Kier alpha value is -1.88. The number of nitrogens with two attached hydrogens (primary N) is 1. The lowest BCUT2D eigenvalue weighted by atomic mass is 10.1. The van der Waals surface area contributed by atoms with Crippen molar-refractivity contribution in [3.05, 3.63) is 47.5 Å². The summed E-state index contributed by atoms with van der Waals surface area (Å²) in [5, 5.41) is 4.42. The van der Waals surface area contributed by atoms with E-state index in [-0.39, 0.29) is 18.4 Å². The molecule has 0 saturated heterocycles. The second kappa shape index (κ2) is 6.72. The minimum atomic E-state index is -0.397. The SMILES string of the molecule is CCC(C)n1ccc(COc2ccc(C(C)N)cc2F)n1. The zero-order valence-electron chi connectivity index (χ0n) is 12.7. The fraction of sp³-hybridized carbons (Fsp3) is 0.438. The van der Waals surface area contributed by atoms with Crippen molar-refractivity contribution < 1.29 is 9.13 Å². The van der Waals surface area contributed by atoms with Crippen molar-refractivity contribution in [3.8, 4) is 5.75 Å². The first kappa shape index (κ1) is 15.5. The largest absolute Gasteiger partial charge is 0.484 e. The van der Waals surface area contributed by atoms with Crippen LogP contribution in [-0.4, -0.2) is 9.78 Å². The highest BCUT2D eigenvalue weighted by Crippen LogP contribution is 2.22. The molecular weight excluding hydrogens is 269 g/mol. The van der Waals surface area contributed by atoms with Gasteiger partial charge in [0.1, 0.15) is 6.61 Å². The highest BCUT2D eigenvalue weighted by Gasteiger charge is 2.09. The van der Waals surface area contributed by atoms with Gasteiger partial charge in [0.25, 0.3) is 0 Å². The maximum absolute atomic E-state index is 13.9. The number of hydrogen-bond donors (Lipinski definition) is 1. The molecular formula is C16H22FN3O. The van der Waals surface area contributed by atoms with Crippen LogP contribution in [0, 0.1) is 5.82 Å². The molecule has 5 heteroatoms. The van der Waals surface area contributed by atoms with Gasteiger partial charge < -0.3 is 10.5 Å². The van der Waals surface area contributed by atoms with Crippen LogP contribution in [0.3, 0.4) is 0 Å². The predicted molar refractivity (Wildman–Crippen MR) is 80.6 cm³/mol. The number of ether oxygens (including phenoxy) is 1. The van der Waals surface area contributed by atoms with E-state index in [1.807, 2.05) is 23.9 Å². The number of benzene rings is 1. The molecule has 2 rings (SSSR count). The van der Waals surface area contributed by atoms with E-state index in [4.69, 9.17) is 10.5 Å². The predicted octanol–water partition coefficient (Wildman–Crippen LogP) is 3.59. The Kier molecular flexibility index (Phi) is 4.96. The summed E-state index contributed by atoms with van der Waals surface area (Å²) >= 11 is 0. The van der Waals surface area contributed by atoms with Crippen molar-refractivity contribution in [2.75, 3.05) is 0 Å². The number of aromatic nitrogens is 2. The summed E-state index contributed by atoms with van der Waals surface area (Å²) in [5.74, 6) is -0.177. The minimum absolute atomic E-state index is 0.195. The van der Waals surface area contributed by atoms with Crippen molar-refractivity contribution in [2.45, 2.75) is 45.9 Å². The Bertz CT molecular complexity index is 595. The number of hydrogen-bond acceptors (Lipinski definition) is 3. The molecule has 1 heterocycles. The zero-order chi connectivity index (χ0) is 15.4. The average molecular weight is 291 g/mol. The lowest BCUT2D eigenvalue weighted by Gasteiger charge is -2.10. The van der Waals surface area contributed by atoms with Crippen molar-refractivity contribution in [1.82, 2.24) is 9.78 Å². The highest BCUT2D eigenvalue weighted by atomic mass is 19.1. The third-order valence-electron chi connectivity index (χ3n) is 3.56. The Morgan fingerprint density at radius 1 is 1.33 bits per heavy atom. The Labute approximate surface area is 124 Å². The monoisotopic (exact) mass is 291 g/mol. The van der Waals surface area contributed by atoms with E-state index in [1.54, 1.807) is 12.1 Å². The van der Waals surface area contributed by atoms with Crippen LogP contribution in [0.25, 0.3) is 0 Å².